The summed E-state index contributed by atoms with van der Waals surface area (Å²) in [6.45, 7) is 5.36. The second kappa shape index (κ2) is 9.50. The third-order valence-electron chi connectivity index (χ3n) is 5.83. The predicted octanol–water partition coefficient (Wildman–Crippen LogP) is 5.00. The third-order valence-corrected chi connectivity index (χ3v) is 5.83. The Balaban J connectivity index is 1.89. The van der Waals surface area contributed by atoms with Gasteiger partial charge in [-0.25, -0.2) is 0 Å². The molecule has 8 heteroatoms. The summed E-state index contributed by atoms with van der Waals surface area (Å²) >= 11 is 0. The lowest BCUT2D eigenvalue weighted by Crippen LogP contribution is -2.29. The molecule has 1 aromatic heterocycles. The maximum absolute atomic E-state index is 13.3. The van der Waals surface area contributed by atoms with Crippen molar-refractivity contribution in [3.05, 3.63) is 83.3 Å². The number of hydrogen-bond donors (Lipinski definition) is 2. The van der Waals surface area contributed by atoms with Crippen molar-refractivity contribution >= 4 is 34.7 Å². The second-order valence-electron chi connectivity index (χ2n) is 8.53. The van der Waals surface area contributed by atoms with Crippen molar-refractivity contribution < 1.29 is 28.6 Å². The van der Waals surface area contributed by atoms with E-state index in [0.29, 0.717) is 28.4 Å². The quantitative estimate of drug-likeness (QED) is 0.296. The van der Waals surface area contributed by atoms with E-state index in [1.54, 1.807) is 61.7 Å². The van der Waals surface area contributed by atoms with Crippen LogP contribution in [0.15, 0.2) is 70.9 Å². The summed E-state index contributed by atoms with van der Waals surface area (Å²) in [6, 6.07) is 14.0. The predicted molar refractivity (Wildman–Crippen MR) is 131 cm³/mol. The van der Waals surface area contributed by atoms with Gasteiger partial charge in [0.15, 0.2) is 0 Å². The molecule has 2 amide bonds. The van der Waals surface area contributed by atoms with Crippen LogP contribution in [0.1, 0.15) is 49.6 Å². The molecule has 2 heterocycles. The number of nitrogens with one attached hydrogen (secondary N) is 1. The molecule has 1 aliphatic heterocycles. The highest BCUT2D eigenvalue weighted by Gasteiger charge is 2.48. The Morgan fingerprint density at radius 2 is 1.89 bits per heavy atom. The van der Waals surface area contributed by atoms with Crippen LogP contribution in [0.4, 0.5) is 11.4 Å². The first kappa shape index (κ1) is 23.8. The van der Waals surface area contributed by atoms with Crippen LogP contribution < -0.4 is 15.0 Å². The van der Waals surface area contributed by atoms with Crippen molar-refractivity contribution in [3.8, 4) is 5.75 Å². The smallest absolute Gasteiger partial charge is 0.300 e. The molecule has 0 spiro atoms. The minimum atomic E-state index is -0.998. The molecule has 1 aliphatic rings. The Bertz CT molecular complexity index is 1320. The molecule has 1 fully saturated rings. The Morgan fingerprint density at radius 1 is 1.11 bits per heavy atom. The van der Waals surface area contributed by atoms with Crippen LogP contribution in [0.2, 0.25) is 0 Å². The van der Waals surface area contributed by atoms with E-state index < -0.39 is 17.7 Å². The zero-order valence-corrected chi connectivity index (χ0v) is 19.9. The maximum Gasteiger partial charge on any atom is 0.300 e. The minimum Gasteiger partial charge on any atom is -0.507 e. The van der Waals surface area contributed by atoms with Gasteiger partial charge in [0.2, 0.25) is 5.91 Å². The monoisotopic (exact) mass is 474 g/mol. The Kier molecular flexibility index (Phi) is 6.46. The number of furan rings is 1. The number of Topliss-reactive ketones (excluding diaryl/α,β-unsaturated/α-hetero) is 1. The molecule has 3 aromatic rings. The largest absolute Gasteiger partial charge is 0.507 e. The van der Waals surface area contributed by atoms with E-state index in [1.165, 1.54) is 18.1 Å². The van der Waals surface area contributed by atoms with Gasteiger partial charge in [-0.05, 0) is 60.0 Å². The Morgan fingerprint density at radius 3 is 2.51 bits per heavy atom. The van der Waals surface area contributed by atoms with Crippen LogP contribution in [0.3, 0.4) is 0 Å². The standard InChI is InChI=1S/C27H26N2O6/c1-15(2)20-13-17(10-11-21(20)34-4)25(31)23-24(22-9-6-12-35-22)29(27(33)26(23)32)19-8-5-7-18(14-19)28-16(3)30/h5-15,24,31H,1-4H3,(H,28,30)/b25-23-. The fourth-order valence-electron chi connectivity index (χ4n) is 4.24. The topological polar surface area (TPSA) is 109 Å². The number of aliphatic hydroxyl groups excluding tert-OH is 1. The van der Waals surface area contributed by atoms with Crippen molar-refractivity contribution in [3.63, 3.8) is 0 Å². The van der Waals surface area contributed by atoms with Gasteiger partial charge in [-0.1, -0.05) is 19.9 Å². The molecular weight excluding hydrogens is 448 g/mol. The van der Waals surface area contributed by atoms with Crippen LogP contribution in [0.5, 0.6) is 5.75 Å². The van der Waals surface area contributed by atoms with Gasteiger partial charge < -0.3 is 19.6 Å². The lowest BCUT2D eigenvalue weighted by Gasteiger charge is -2.24. The molecule has 0 bridgehead atoms. The molecule has 1 saturated heterocycles. The van der Waals surface area contributed by atoms with E-state index in [0.717, 1.165) is 5.56 Å². The number of methoxy groups -OCH3 is 1. The first-order valence-electron chi connectivity index (χ1n) is 11.1. The molecule has 8 nitrogen and oxygen atoms in total. The highest BCUT2D eigenvalue weighted by Crippen LogP contribution is 2.43. The van der Waals surface area contributed by atoms with Crippen LogP contribution in [0, 0.1) is 0 Å². The number of ketones is 1. The van der Waals surface area contributed by atoms with Gasteiger partial charge in [0.25, 0.3) is 11.7 Å². The molecule has 4 rings (SSSR count). The third kappa shape index (κ3) is 4.42. The number of benzene rings is 2. The molecule has 180 valence electrons. The van der Waals surface area contributed by atoms with Crippen molar-refractivity contribution in [1.29, 1.82) is 0 Å². The van der Waals surface area contributed by atoms with Gasteiger partial charge in [-0.2, -0.15) is 0 Å². The molecule has 0 saturated carbocycles. The first-order chi connectivity index (χ1) is 16.7. The summed E-state index contributed by atoms with van der Waals surface area (Å²) < 4.78 is 11.0. The number of nitrogens with zero attached hydrogens (tertiary/aromatic N) is 1. The highest BCUT2D eigenvalue weighted by atomic mass is 16.5. The summed E-state index contributed by atoms with van der Waals surface area (Å²) in [5, 5.41) is 14.0. The molecule has 1 unspecified atom stereocenters. The van der Waals surface area contributed by atoms with Gasteiger partial charge in [-0.15, -0.1) is 0 Å². The number of amides is 2. The van der Waals surface area contributed by atoms with Crippen molar-refractivity contribution in [2.75, 3.05) is 17.3 Å². The van der Waals surface area contributed by atoms with E-state index >= 15 is 0 Å². The van der Waals surface area contributed by atoms with Gasteiger partial charge in [0.05, 0.1) is 18.9 Å². The summed E-state index contributed by atoms with van der Waals surface area (Å²) in [6.07, 6.45) is 1.44. The summed E-state index contributed by atoms with van der Waals surface area (Å²) in [5.74, 6) is -1.16. The zero-order chi connectivity index (χ0) is 25.3. The number of ether oxygens (including phenoxy) is 1. The average Bonchev–Trinajstić information content (AvgIpc) is 3.45. The van der Waals surface area contributed by atoms with E-state index in [-0.39, 0.29) is 23.2 Å². The number of hydrogen-bond acceptors (Lipinski definition) is 6. The summed E-state index contributed by atoms with van der Waals surface area (Å²) in [4.78, 5) is 39.3. The molecule has 2 N–H and O–H groups in total. The van der Waals surface area contributed by atoms with E-state index in [2.05, 4.69) is 5.32 Å². The Hall–Kier alpha value is -4.33. The molecule has 0 aliphatic carbocycles. The van der Waals surface area contributed by atoms with Crippen LogP contribution >= 0.6 is 0 Å². The molecule has 2 aromatic carbocycles. The van der Waals surface area contributed by atoms with Crippen molar-refractivity contribution in [2.24, 2.45) is 0 Å². The van der Waals surface area contributed by atoms with Crippen LogP contribution in [0.25, 0.3) is 5.76 Å². The normalized spacial score (nSPS) is 17.2. The van der Waals surface area contributed by atoms with Gasteiger partial charge in [-0.3, -0.25) is 19.3 Å². The molecule has 35 heavy (non-hydrogen) atoms. The lowest BCUT2D eigenvalue weighted by atomic mass is 9.95. The molecular formula is C27H26N2O6. The molecule has 0 radical (unpaired) electrons. The SMILES string of the molecule is COc1ccc(/C(O)=C2/C(=O)C(=O)N(c3cccc(NC(C)=O)c3)C2c2ccco2)cc1C(C)C. The zero-order valence-electron chi connectivity index (χ0n) is 19.9. The summed E-state index contributed by atoms with van der Waals surface area (Å²) in [5.41, 5.74) is 1.98. The number of rotatable bonds is 6. The van der Waals surface area contributed by atoms with E-state index in [1.807, 2.05) is 13.8 Å². The van der Waals surface area contributed by atoms with E-state index in [9.17, 15) is 19.5 Å². The van der Waals surface area contributed by atoms with Gasteiger partial charge in [0.1, 0.15) is 23.3 Å². The first-order valence-corrected chi connectivity index (χ1v) is 11.1. The Labute approximate surface area is 202 Å². The second-order valence-corrected chi connectivity index (χ2v) is 8.53. The maximum atomic E-state index is 13.3. The van der Waals surface area contributed by atoms with Crippen LogP contribution in [-0.4, -0.2) is 29.8 Å². The van der Waals surface area contributed by atoms with Crippen LogP contribution in [-0.2, 0) is 14.4 Å². The number of carbonyl (C=O) groups excluding carboxylic acids is 3. The van der Waals surface area contributed by atoms with Crippen molar-refractivity contribution in [2.45, 2.75) is 32.7 Å². The lowest BCUT2D eigenvalue weighted by molar-refractivity contribution is -0.132. The fourth-order valence-corrected chi connectivity index (χ4v) is 4.24. The van der Waals surface area contributed by atoms with E-state index in [4.69, 9.17) is 9.15 Å². The molecule has 1 atom stereocenters. The minimum absolute atomic E-state index is 0.0882. The number of anilines is 2. The fraction of sp³-hybridized carbons (Fsp3) is 0.222. The number of aliphatic hydroxyl groups is 1. The van der Waals surface area contributed by atoms with Crippen molar-refractivity contribution in [1.82, 2.24) is 0 Å². The average molecular weight is 475 g/mol. The number of carbonyl (C=O) groups is 3. The highest BCUT2D eigenvalue weighted by molar-refractivity contribution is 6.51. The van der Waals surface area contributed by atoms with Gasteiger partial charge >= 0.3 is 0 Å². The summed E-state index contributed by atoms with van der Waals surface area (Å²) in [7, 11) is 1.57. The van der Waals surface area contributed by atoms with Gasteiger partial charge in [0, 0.05) is 23.9 Å².